The van der Waals surface area contributed by atoms with Gasteiger partial charge in [-0.1, -0.05) is 37.0 Å². The van der Waals surface area contributed by atoms with Crippen molar-refractivity contribution in [1.29, 1.82) is 0 Å². The van der Waals surface area contributed by atoms with Crippen LogP contribution in [0.5, 0.6) is 5.88 Å². The zero-order valence-electron chi connectivity index (χ0n) is 16.6. The fraction of sp³-hybridized carbons (Fsp3) is 0.391. The van der Waals surface area contributed by atoms with E-state index < -0.39 is 0 Å². The molecule has 1 aliphatic rings. The summed E-state index contributed by atoms with van der Waals surface area (Å²) in [6.07, 6.45) is 7.25. The molecule has 0 saturated heterocycles. The molecule has 1 fully saturated rings. The van der Waals surface area contributed by atoms with Gasteiger partial charge in [0.1, 0.15) is 11.3 Å². The molecule has 1 amide bonds. The van der Waals surface area contributed by atoms with Gasteiger partial charge in [-0.3, -0.25) is 9.36 Å². The van der Waals surface area contributed by atoms with E-state index in [1.807, 2.05) is 10.6 Å². The van der Waals surface area contributed by atoms with Crippen LogP contribution in [0, 0.1) is 6.92 Å². The van der Waals surface area contributed by atoms with E-state index in [0.717, 1.165) is 53.2 Å². The van der Waals surface area contributed by atoms with E-state index in [0.29, 0.717) is 12.2 Å². The van der Waals surface area contributed by atoms with E-state index in [1.54, 1.807) is 11.0 Å². The fourth-order valence-corrected chi connectivity index (χ4v) is 4.44. The third-order valence-corrected chi connectivity index (χ3v) is 5.77. The first-order valence-electron chi connectivity index (χ1n) is 10.0. The Morgan fingerprint density at radius 2 is 2.07 bits per heavy atom. The summed E-state index contributed by atoms with van der Waals surface area (Å²) < 4.78 is 1.96. The van der Waals surface area contributed by atoms with E-state index in [-0.39, 0.29) is 17.8 Å². The number of hydrogen-bond donors (Lipinski definition) is 1. The van der Waals surface area contributed by atoms with Gasteiger partial charge in [-0.05, 0) is 38.0 Å². The number of nitrogens with zero attached hydrogens (tertiary/aromatic N) is 3. The Balaban J connectivity index is 2.04. The van der Waals surface area contributed by atoms with E-state index in [4.69, 9.17) is 4.98 Å². The van der Waals surface area contributed by atoms with Gasteiger partial charge in [0.15, 0.2) is 0 Å². The Labute approximate surface area is 165 Å². The van der Waals surface area contributed by atoms with Crippen LogP contribution in [0.15, 0.2) is 36.9 Å². The number of aromatic hydroxyl groups is 1. The Morgan fingerprint density at radius 1 is 1.32 bits per heavy atom. The lowest BCUT2D eigenvalue weighted by atomic mass is 9.95. The predicted octanol–water partition coefficient (Wildman–Crippen LogP) is 5.25. The van der Waals surface area contributed by atoms with Crippen molar-refractivity contribution >= 4 is 33.5 Å². The topological polar surface area (TPSA) is 58.4 Å². The maximum Gasteiger partial charge on any atom is 0.224 e. The highest BCUT2D eigenvalue weighted by atomic mass is 16.3. The second-order valence-corrected chi connectivity index (χ2v) is 7.81. The molecule has 5 heteroatoms. The summed E-state index contributed by atoms with van der Waals surface area (Å²) in [4.78, 5) is 18.9. The molecule has 2 heterocycles. The van der Waals surface area contributed by atoms with Crippen molar-refractivity contribution < 1.29 is 9.90 Å². The highest BCUT2D eigenvalue weighted by Gasteiger charge is 2.29. The third-order valence-electron chi connectivity index (χ3n) is 5.77. The van der Waals surface area contributed by atoms with Crippen LogP contribution in [0.25, 0.3) is 21.9 Å². The molecule has 2 aromatic heterocycles. The van der Waals surface area contributed by atoms with Gasteiger partial charge in [0.05, 0.1) is 5.52 Å². The first-order chi connectivity index (χ1) is 13.5. The molecule has 5 nitrogen and oxygen atoms in total. The second kappa shape index (κ2) is 7.30. The molecule has 0 bridgehead atoms. The Bertz CT molecular complexity index is 1060. The summed E-state index contributed by atoms with van der Waals surface area (Å²) in [5, 5.41) is 13.1. The number of carbonyl (C=O) groups excluding carboxylic acids is 1. The number of fused-ring (bicyclic) bond motifs is 2. The lowest BCUT2D eigenvalue weighted by Gasteiger charge is -2.25. The minimum atomic E-state index is -0.123. The summed E-state index contributed by atoms with van der Waals surface area (Å²) in [5.41, 5.74) is 3.35. The number of rotatable bonds is 4. The minimum Gasteiger partial charge on any atom is -0.493 e. The van der Waals surface area contributed by atoms with Crippen molar-refractivity contribution in [3.8, 4) is 5.88 Å². The third kappa shape index (κ3) is 3.05. The molecular formula is C23H27N3O2. The van der Waals surface area contributed by atoms with Crippen molar-refractivity contribution in [2.75, 3.05) is 11.4 Å². The summed E-state index contributed by atoms with van der Waals surface area (Å²) >= 11 is 0. The van der Waals surface area contributed by atoms with Gasteiger partial charge in [0.2, 0.25) is 11.8 Å². The zero-order chi connectivity index (χ0) is 19.8. The lowest BCUT2D eigenvalue weighted by molar-refractivity contribution is -0.116. The maximum atomic E-state index is 12.4. The summed E-state index contributed by atoms with van der Waals surface area (Å²) in [6.45, 7) is 7.69. The Kier molecular flexibility index (Phi) is 4.84. The number of pyridine rings is 1. The highest BCUT2D eigenvalue weighted by Crippen LogP contribution is 2.44. The van der Waals surface area contributed by atoms with Gasteiger partial charge in [-0.2, -0.15) is 0 Å². The first-order valence-corrected chi connectivity index (χ1v) is 10.0. The van der Waals surface area contributed by atoms with Crippen LogP contribution in [0.4, 0.5) is 5.69 Å². The predicted molar refractivity (Wildman–Crippen MR) is 114 cm³/mol. The molecule has 1 aliphatic carbocycles. The van der Waals surface area contributed by atoms with Crippen LogP contribution in [0.1, 0.15) is 50.6 Å². The van der Waals surface area contributed by atoms with Gasteiger partial charge in [0, 0.05) is 30.3 Å². The molecular weight excluding hydrogens is 350 g/mol. The molecule has 28 heavy (non-hydrogen) atoms. The number of hydrogen-bond acceptors (Lipinski definition) is 3. The average molecular weight is 377 g/mol. The van der Waals surface area contributed by atoms with E-state index in [1.165, 1.54) is 13.3 Å². The molecule has 1 saturated carbocycles. The van der Waals surface area contributed by atoms with Crippen molar-refractivity contribution in [3.05, 3.63) is 42.5 Å². The van der Waals surface area contributed by atoms with E-state index in [2.05, 4.69) is 31.7 Å². The summed E-state index contributed by atoms with van der Waals surface area (Å²) in [5.74, 6) is 0.0145. The number of anilines is 1. The van der Waals surface area contributed by atoms with Crippen LogP contribution in [0.2, 0.25) is 0 Å². The Hall–Kier alpha value is -2.82. The minimum absolute atomic E-state index is 0.123. The van der Waals surface area contributed by atoms with Crippen molar-refractivity contribution in [3.63, 3.8) is 0 Å². The number of aryl methyl sites for hydroxylation is 1. The van der Waals surface area contributed by atoms with Gasteiger partial charge in [0.25, 0.3) is 0 Å². The molecule has 0 atom stereocenters. The molecule has 1 aromatic carbocycles. The number of amides is 1. The zero-order valence-corrected chi connectivity index (χ0v) is 16.6. The molecule has 146 valence electrons. The van der Waals surface area contributed by atoms with Crippen LogP contribution in [-0.2, 0) is 4.79 Å². The fourth-order valence-electron chi connectivity index (χ4n) is 4.44. The second-order valence-electron chi connectivity index (χ2n) is 7.81. The molecule has 0 spiro atoms. The van der Waals surface area contributed by atoms with Crippen molar-refractivity contribution in [2.24, 2.45) is 0 Å². The number of aromatic nitrogens is 2. The maximum absolute atomic E-state index is 12.4. The standard InChI is InChI=1S/C23H27N3O2/c1-4-12-25(16(3)27)21-19-14-17-13-15(2)10-11-20(17)24-22(19)26(23(21)28)18-8-6-5-7-9-18/h4,10-11,13-14,18,28H,1,5-9,12H2,2-3H3. The smallest absolute Gasteiger partial charge is 0.224 e. The van der Waals surface area contributed by atoms with Crippen LogP contribution < -0.4 is 4.90 Å². The summed E-state index contributed by atoms with van der Waals surface area (Å²) in [6, 6.07) is 8.42. The van der Waals surface area contributed by atoms with Crippen molar-refractivity contribution in [1.82, 2.24) is 9.55 Å². The largest absolute Gasteiger partial charge is 0.493 e. The van der Waals surface area contributed by atoms with Crippen molar-refractivity contribution in [2.45, 2.75) is 52.0 Å². The molecule has 0 radical (unpaired) electrons. The van der Waals surface area contributed by atoms with Crippen LogP contribution in [0.3, 0.4) is 0 Å². The lowest BCUT2D eigenvalue weighted by Crippen LogP contribution is -2.28. The average Bonchev–Trinajstić information content (AvgIpc) is 2.95. The van der Waals surface area contributed by atoms with E-state index >= 15 is 0 Å². The quantitative estimate of drug-likeness (QED) is 0.632. The monoisotopic (exact) mass is 377 g/mol. The van der Waals surface area contributed by atoms with Gasteiger partial charge >= 0.3 is 0 Å². The van der Waals surface area contributed by atoms with Gasteiger partial charge < -0.3 is 10.0 Å². The van der Waals surface area contributed by atoms with Crippen LogP contribution in [-0.4, -0.2) is 27.1 Å². The normalized spacial score (nSPS) is 15.2. The van der Waals surface area contributed by atoms with Gasteiger partial charge in [-0.25, -0.2) is 4.98 Å². The SMILES string of the molecule is C=CCN(C(C)=O)c1c(O)n(C2CCCCC2)c2nc3ccc(C)cc3cc12. The molecule has 4 rings (SSSR count). The Morgan fingerprint density at radius 3 is 2.75 bits per heavy atom. The molecule has 3 aromatic rings. The van der Waals surface area contributed by atoms with Gasteiger partial charge in [-0.15, -0.1) is 6.58 Å². The molecule has 1 N–H and O–H groups in total. The number of benzene rings is 1. The number of carbonyl (C=O) groups is 1. The summed E-state index contributed by atoms with van der Waals surface area (Å²) in [7, 11) is 0. The van der Waals surface area contributed by atoms with Crippen LogP contribution >= 0.6 is 0 Å². The first kappa shape index (κ1) is 18.5. The highest BCUT2D eigenvalue weighted by molar-refractivity contribution is 6.07. The molecule has 0 unspecified atom stereocenters. The van der Waals surface area contributed by atoms with E-state index in [9.17, 15) is 9.90 Å². The molecule has 0 aliphatic heterocycles.